The molecular formula is C35H30ClN. The lowest BCUT2D eigenvalue weighted by Gasteiger charge is -2.34. The topological polar surface area (TPSA) is 3.24 Å². The van der Waals surface area contributed by atoms with E-state index in [1.165, 1.54) is 27.6 Å². The van der Waals surface area contributed by atoms with Gasteiger partial charge in [-0.25, -0.2) is 0 Å². The van der Waals surface area contributed by atoms with E-state index in [1.54, 1.807) is 0 Å². The smallest absolute Gasteiger partial charge is 0.0406 e. The molecular weight excluding hydrogens is 470 g/mol. The molecule has 182 valence electrons. The Morgan fingerprint density at radius 1 is 0.676 bits per heavy atom. The van der Waals surface area contributed by atoms with Crippen molar-refractivity contribution in [2.75, 3.05) is 11.9 Å². The summed E-state index contributed by atoms with van der Waals surface area (Å²) in [4.78, 5) is 2.39. The molecule has 5 aromatic carbocycles. The van der Waals surface area contributed by atoms with Crippen LogP contribution in [-0.4, -0.2) is 13.1 Å². The van der Waals surface area contributed by atoms with Gasteiger partial charge in [0.25, 0.3) is 0 Å². The number of halogens is 1. The summed E-state index contributed by atoms with van der Waals surface area (Å²) in [6, 6.07) is 42.6. The first-order valence-electron chi connectivity index (χ1n) is 12.7. The number of hydrogen-bond donors (Lipinski definition) is 0. The van der Waals surface area contributed by atoms with Crippen molar-refractivity contribution in [2.24, 2.45) is 0 Å². The molecule has 2 heteroatoms. The maximum Gasteiger partial charge on any atom is 0.0406 e. The third-order valence-corrected chi connectivity index (χ3v) is 7.42. The average molecular weight is 500 g/mol. The molecule has 0 aromatic heterocycles. The average Bonchev–Trinajstić information content (AvgIpc) is 2.95. The second kappa shape index (κ2) is 11.4. The maximum atomic E-state index is 6.24. The van der Waals surface area contributed by atoms with Crippen molar-refractivity contribution < 1.29 is 0 Å². The fraction of sp³-hybridized carbons (Fsp3) is 0.143. The minimum absolute atomic E-state index is 0.264. The first kappa shape index (κ1) is 24.7. The number of nitrogens with zero attached hydrogens (tertiary/aromatic N) is 1. The van der Waals surface area contributed by atoms with Crippen LogP contribution in [0.2, 0.25) is 5.02 Å². The quantitative estimate of drug-likeness (QED) is 0.211. The van der Waals surface area contributed by atoms with E-state index < -0.39 is 0 Å². The lowest BCUT2D eigenvalue weighted by atomic mass is 9.85. The molecule has 0 N–H and O–H groups in total. The van der Waals surface area contributed by atoms with Gasteiger partial charge in [-0.15, -0.1) is 0 Å². The minimum atomic E-state index is 0.264. The predicted octanol–water partition coefficient (Wildman–Crippen LogP) is 8.74. The Morgan fingerprint density at radius 2 is 1.30 bits per heavy atom. The summed E-state index contributed by atoms with van der Waals surface area (Å²) in [5.74, 6) is 6.82. The molecule has 0 fully saturated rings. The molecule has 0 aliphatic carbocycles. The van der Waals surface area contributed by atoms with Crippen molar-refractivity contribution in [1.29, 1.82) is 0 Å². The Balaban J connectivity index is 1.40. The van der Waals surface area contributed by atoms with Crippen molar-refractivity contribution in [3.63, 3.8) is 0 Å². The lowest BCUT2D eigenvalue weighted by molar-refractivity contribution is 0.540. The third kappa shape index (κ3) is 6.05. The summed E-state index contributed by atoms with van der Waals surface area (Å²) in [5.41, 5.74) is 5.86. The summed E-state index contributed by atoms with van der Waals surface area (Å²) in [5, 5.41) is 3.28. The summed E-state index contributed by atoms with van der Waals surface area (Å²) in [6.07, 6.45) is 0.924. The van der Waals surface area contributed by atoms with Gasteiger partial charge in [-0.1, -0.05) is 96.2 Å². The number of hydrogen-bond acceptors (Lipinski definition) is 1. The summed E-state index contributed by atoms with van der Waals surface area (Å²) < 4.78 is 0. The van der Waals surface area contributed by atoms with Gasteiger partial charge in [-0.3, -0.25) is 0 Å². The fourth-order valence-electron chi connectivity index (χ4n) is 4.82. The van der Waals surface area contributed by atoms with E-state index >= 15 is 0 Å². The molecule has 0 heterocycles. The largest absolute Gasteiger partial charge is 0.371 e. The predicted molar refractivity (Wildman–Crippen MR) is 159 cm³/mol. The standard InChI is InChI=1S/C35H30ClN/c1-26(37(2)34-23-20-30-10-6-7-11-32(30)25-34)35(31-18-21-33(36)22-19-31)24-29-16-14-28(15-17-29)13-12-27-8-4-3-5-9-27/h3-11,14-23,25-26,35H,24H2,1-2H3. The van der Waals surface area contributed by atoms with E-state index in [9.17, 15) is 0 Å². The zero-order chi connectivity index (χ0) is 25.6. The highest BCUT2D eigenvalue weighted by Crippen LogP contribution is 2.32. The molecule has 1 nitrogen and oxygen atoms in total. The summed E-state index contributed by atoms with van der Waals surface area (Å²) >= 11 is 6.24. The highest BCUT2D eigenvalue weighted by Gasteiger charge is 2.24. The molecule has 0 aliphatic heterocycles. The number of fused-ring (bicyclic) bond motifs is 1. The van der Waals surface area contributed by atoms with E-state index in [0.29, 0.717) is 0 Å². The van der Waals surface area contributed by atoms with Gasteiger partial charge >= 0.3 is 0 Å². The van der Waals surface area contributed by atoms with Gasteiger partial charge in [-0.05, 0) is 83.8 Å². The van der Waals surface area contributed by atoms with Crippen LogP contribution in [-0.2, 0) is 6.42 Å². The molecule has 37 heavy (non-hydrogen) atoms. The lowest BCUT2D eigenvalue weighted by Crippen LogP contribution is -2.35. The van der Waals surface area contributed by atoms with Gasteiger partial charge in [0.2, 0.25) is 0 Å². The molecule has 0 saturated carbocycles. The molecule has 5 rings (SSSR count). The number of benzene rings is 5. The van der Waals surface area contributed by atoms with E-state index in [1.807, 2.05) is 42.5 Å². The van der Waals surface area contributed by atoms with Crippen LogP contribution in [0.3, 0.4) is 0 Å². The highest BCUT2D eigenvalue weighted by atomic mass is 35.5. The first-order valence-corrected chi connectivity index (χ1v) is 13.1. The van der Waals surface area contributed by atoms with E-state index in [2.05, 4.69) is 110 Å². The molecule has 0 spiro atoms. The maximum absolute atomic E-state index is 6.24. The van der Waals surface area contributed by atoms with Gasteiger partial charge in [0.1, 0.15) is 0 Å². The van der Waals surface area contributed by atoms with Crippen molar-refractivity contribution in [3.05, 3.63) is 149 Å². The van der Waals surface area contributed by atoms with Crippen LogP contribution in [0.1, 0.15) is 35.1 Å². The van der Waals surface area contributed by atoms with Crippen molar-refractivity contribution in [1.82, 2.24) is 0 Å². The number of anilines is 1. The summed E-state index contributed by atoms with van der Waals surface area (Å²) in [6.45, 7) is 2.31. The van der Waals surface area contributed by atoms with Crippen LogP contribution >= 0.6 is 11.6 Å². The molecule has 2 atom stereocenters. The van der Waals surface area contributed by atoms with Crippen LogP contribution in [0.15, 0.2) is 121 Å². The van der Waals surface area contributed by atoms with Crippen LogP contribution in [0, 0.1) is 11.8 Å². The Labute approximate surface area is 225 Å². The molecule has 2 unspecified atom stereocenters. The Hall–Kier alpha value is -3.99. The Morgan fingerprint density at radius 3 is 2.00 bits per heavy atom. The molecule has 0 aliphatic rings. The van der Waals surface area contributed by atoms with Crippen LogP contribution < -0.4 is 4.90 Å². The van der Waals surface area contributed by atoms with Gasteiger partial charge < -0.3 is 4.90 Å². The van der Waals surface area contributed by atoms with Crippen molar-refractivity contribution in [2.45, 2.75) is 25.3 Å². The van der Waals surface area contributed by atoms with Gasteiger partial charge in [-0.2, -0.15) is 0 Å². The van der Waals surface area contributed by atoms with E-state index in [0.717, 1.165) is 22.6 Å². The fourth-order valence-corrected chi connectivity index (χ4v) is 4.95. The Kier molecular flexibility index (Phi) is 7.59. The first-order chi connectivity index (χ1) is 18.1. The van der Waals surface area contributed by atoms with Crippen molar-refractivity contribution >= 4 is 28.1 Å². The Bertz CT molecular complexity index is 1530. The second-order valence-corrected chi connectivity index (χ2v) is 9.99. The van der Waals surface area contributed by atoms with Crippen LogP contribution in [0.5, 0.6) is 0 Å². The zero-order valence-electron chi connectivity index (χ0n) is 21.2. The van der Waals surface area contributed by atoms with Crippen molar-refractivity contribution in [3.8, 4) is 11.8 Å². The molecule has 0 bridgehead atoms. The number of rotatable bonds is 6. The SMILES string of the molecule is CC(C(Cc1ccc(C#Cc2ccccc2)cc1)c1ccc(Cl)cc1)N(C)c1ccc2ccccc2c1. The van der Waals surface area contributed by atoms with Gasteiger partial charge in [0.05, 0.1) is 0 Å². The van der Waals surface area contributed by atoms with Gasteiger partial charge in [0, 0.05) is 40.8 Å². The molecule has 0 saturated heterocycles. The molecule has 0 radical (unpaired) electrons. The van der Waals surface area contributed by atoms with Gasteiger partial charge in [0.15, 0.2) is 0 Å². The normalized spacial score (nSPS) is 12.4. The van der Waals surface area contributed by atoms with E-state index in [4.69, 9.17) is 11.6 Å². The third-order valence-electron chi connectivity index (χ3n) is 7.17. The second-order valence-electron chi connectivity index (χ2n) is 9.56. The summed E-state index contributed by atoms with van der Waals surface area (Å²) in [7, 11) is 2.19. The highest BCUT2D eigenvalue weighted by molar-refractivity contribution is 6.30. The number of likely N-dealkylation sites (N-methyl/N-ethyl adjacent to an activating group) is 1. The van der Waals surface area contributed by atoms with Crippen LogP contribution in [0.4, 0.5) is 5.69 Å². The minimum Gasteiger partial charge on any atom is -0.371 e. The monoisotopic (exact) mass is 499 g/mol. The molecule has 5 aromatic rings. The molecule has 0 amide bonds. The zero-order valence-corrected chi connectivity index (χ0v) is 22.0. The van der Waals surface area contributed by atoms with E-state index in [-0.39, 0.29) is 12.0 Å². The van der Waals surface area contributed by atoms with Crippen LogP contribution in [0.25, 0.3) is 10.8 Å².